The van der Waals surface area contributed by atoms with Crippen molar-refractivity contribution in [3.63, 3.8) is 0 Å². The van der Waals surface area contributed by atoms with Gasteiger partial charge in [0, 0.05) is 16.6 Å². The van der Waals surface area contributed by atoms with Gasteiger partial charge in [-0.15, -0.1) is 0 Å². The van der Waals surface area contributed by atoms with Crippen molar-refractivity contribution in [1.29, 1.82) is 0 Å². The lowest BCUT2D eigenvalue weighted by atomic mass is 10.2. The van der Waals surface area contributed by atoms with Crippen LogP contribution in [0.1, 0.15) is 5.56 Å². The van der Waals surface area contributed by atoms with Gasteiger partial charge in [-0.25, -0.2) is 4.39 Å². The highest BCUT2D eigenvalue weighted by Crippen LogP contribution is 2.33. The fourth-order valence-electron chi connectivity index (χ4n) is 1.48. The van der Waals surface area contributed by atoms with Gasteiger partial charge in [0.05, 0.1) is 5.02 Å². The number of ether oxygens (including phenoxy) is 1. The molecule has 0 unspecified atom stereocenters. The van der Waals surface area contributed by atoms with Crippen molar-refractivity contribution in [3.05, 3.63) is 57.3 Å². The molecule has 0 amide bonds. The van der Waals surface area contributed by atoms with E-state index in [4.69, 9.17) is 22.1 Å². The Bertz CT molecular complexity index is 577. The van der Waals surface area contributed by atoms with E-state index >= 15 is 0 Å². The highest BCUT2D eigenvalue weighted by atomic mass is 79.9. The molecule has 2 N–H and O–H groups in total. The van der Waals surface area contributed by atoms with Gasteiger partial charge in [0.25, 0.3) is 0 Å². The zero-order valence-corrected chi connectivity index (χ0v) is 11.6. The Morgan fingerprint density at radius 1 is 1.17 bits per heavy atom. The fraction of sp³-hybridized carbons (Fsp3) is 0.0769. The maximum atomic E-state index is 13.1. The van der Waals surface area contributed by atoms with Crippen molar-refractivity contribution in [3.8, 4) is 11.5 Å². The van der Waals surface area contributed by atoms with Crippen LogP contribution < -0.4 is 10.5 Å². The summed E-state index contributed by atoms with van der Waals surface area (Å²) in [4.78, 5) is 0. The highest BCUT2D eigenvalue weighted by molar-refractivity contribution is 9.10. The van der Waals surface area contributed by atoms with Crippen LogP contribution in [0.4, 0.5) is 4.39 Å². The zero-order chi connectivity index (χ0) is 13.1. The molecule has 0 heterocycles. The van der Waals surface area contributed by atoms with Crippen molar-refractivity contribution in [2.45, 2.75) is 6.54 Å². The summed E-state index contributed by atoms with van der Waals surface area (Å²) in [6.45, 7) is 0.196. The maximum Gasteiger partial charge on any atom is 0.146 e. The maximum absolute atomic E-state index is 13.1. The van der Waals surface area contributed by atoms with Gasteiger partial charge in [-0.3, -0.25) is 0 Å². The van der Waals surface area contributed by atoms with Crippen LogP contribution in [0.5, 0.6) is 11.5 Å². The zero-order valence-electron chi connectivity index (χ0n) is 9.29. The standard InChI is InChI=1S/C13H10BrClFNO/c14-9-1-3-13(11(15)6-9)18-12-4-2-10(16)5-8(12)7-17/h1-6H,7,17H2. The molecule has 0 aromatic heterocycles. The molecule has 0 bridgehead atoms. The molecule has 0 radical (unpaired) electrons. The third-order valence-electron chi connectivity index (χ3n) is 2.36. The van der Waals surface area contributed by atoms with Gasteiger partial charge in [-0.2, -0.15) is 0 Å². The Balaban J connectivity index is 2.33. The minimum atomic E-state index is -0.343. The average molecular weight is 331 g/mol. The second kappa shape index (κ2) is 5.69. The first-order chi connectivity index (χ1) is 8.60. The first-order valence-corrected chi connectivity index (χ1v) is 6.38. The first kappa shape index (κ1) is 13.3. The van der Waals surface area contributed by atoms with E-state index < -0.39 is 0 Å². The van der Waals surface area contributed by atoms with E-state index in [1.807, 2.05) is 6.07 Å². The summed E-state index contributed by atoms with van der Waals surface area (Å²) in [5, 5.41) is 0.469. The van der Waals surface area contributed by atoms with Crippen LogP contribution in [0.15, 0.2) is 40.9 Å². The predicted molar refractivity (Wildman–Crippen MR) is 73.5 cm³/mol. The van der Waals surface area contributed by atoms with E-state index in [-0.39, 0.29) is 12.4 Å². The molecule has 0 aliphatic rings. The molecule has 18 heavy (non-hydrogen) atoms. The average Bonchev–Trinajstić information content (AvgIpc) is 2.34. The van der Waals surface area contributed by atoms with Crippen molar-refractivity contribution in [2.24, 2.45) is 5.73 Å². The lowest BCUT2D eigenvalue weighted by molar-refractivity contribution is 0.474. The van der Waals surface area contributed by atoms with Crippen molar-refractivity contribution >= 4 is 27.5 Å². The Morgan fingerprint density at radius 2 is 1.89 bits per heavy atom. The van der Waals surface area contributed by atoms with Gasteiger partial charge >= 0.3 is 0 Å². The van der Waals surface area contributed by atoms with Gasteiger partial charge in [0.2, 0.25) is 0 Å². The third kappa shape index (κ3) is 3.02. The van der Waals surface area contributed by atoms with E-state index in [0.717, 1.165) is 4.47 Å². The summed E-state index contributed by atoms with van der Waals surface area (Å²) < 4.78 is 19.6. The molecule has 5 heteroatoms. The number of nitrogens with two attached hydrogens (primary N) is 1. The van der Waals surface area contributed by atoms with E-state index in [9.17, 15) is 4.39 Å². The molecule has 0 aliphatic carbocycles. The molecule has 0 fully saturated rings. The fourth-order valence-corrected chi connectivity index (χ4v) is 2.20. The third-order valence-corrected chi connectivity index (χ3v) is 3.14. The molecule has 2 aromatic rings. The number of rotatable bonds is 3. The molecule has 2 aromatic carbocycles. The van der Waals surface area contributed by atoms with Crippen LogP contribution in [0, 0.1) is 5.82 Å². The summed E-state index contributed by atoms with van der Waals surface area (Å²) in [7, 11) is 0. The van der Waals surface area contributed by atoms with E-state index in [0.29, 0.717) is 22.1 Å². The number of halogens is 3. The van der Waals surface area contributed by atoms with E-state index in [2.05, 4.69) is 15.9 Å². The summed E-state index contributed by atoms with van der Waals surface area (Å²) in [5.41, 5.74) is 6.14. The summed E-state index contributed by atoms with van der Waals surface area (Å²) in [6.07, 6.45) is 0. The largest absolute Gasteiger partial charge is 0.455 e. The molecule has 2 rings (SSSR count). The molecule has 0 saturated carbocycles. The van der Waals surface area contributed by atoms with Crippen molar-refractivity contribution in [2.75, 3.05) is 0 Å². The number of hydrogen-bond acceptors (Lipinski definition) is 2. The van der Waals surface area contributed by atoms with Crippen LogP contribution >= 0.6 is 27.5 Å². The lowest BCUT2D eigenvalue weighted by Gasteiger charge is -2.11. The molecule has 2 nitrogen and oxygen atoms in total. The normalized spacial score (nSPS) is 10.4. The van der Waals surface area contributed by atoms with Crippen molar-refractivity contribution in [1.82, 2.24) is 0 Å². The molecule has 0 aliphatic heterocycles. The second-order valence-corrected chi connectivity index (χ2v) is 4.96. The molecule has 0 atom stereocenters. The highest BCUT2D eigenvalue weighted by Gasteiger charge is 2.08. The van der Waals surface area contributed by atoms with Crippen LogP contribution in [0.2, 0.25) is 5.02 Å². The molecule has 0 spiro atoms. The van der Waals surface area contributed by atoms with Crippen LogP contribution in [0.25, 0.3) is 0 Å². The van der Waals surface area contributed by atoms with Gasteiger partial charge in [-0.05, 0) is 36.4 Å². The van der Waals surface area contributed by atoms with E-state index in [1.54, 1.807) is 12.1 Å². The topological polar surface area (TPSA) is 35.2 Å². The first-order valence-electron chi connectivity index (χ1n) is 5.21. The quantitative estimate of drug-likeness (QED) is 0.899. The van der Waals surface area contributed by atoms with Crippen LogP contribution in [-0.2, 0) is 6.54 Å². The molecule has 0 saturated heterocycles. The Morgan fingerprint density at radius 3 is 2.56 bits per heavy atom. The van der Waals surface area contributed by atoms with Gasteiger partial charge in [0.1, 0.15) is 17.3 Å². The Kier molecular flexibility index (Phi) is 4.22. The molecular weight excluding hydrogens is 321 g/mol. The minimum absolute atomic E-state index is 0.196. The SMILES string of the molecule is NCc1cc(F)ccc1Oc1ccc(Br)cc1Cl. The van der Waals surface area contributed by atoms with Gasteiger partial charge in [-0.1, -0.05) is 27.5 Å². The smallest absolute Gasteiger partial charge is 0.146 e. The van der Waals surface area contributed by atoms with Gasteiger partial charge < -0.3 is 10.5 Å². The lowest BCUT2D eigenvalue weighted by Crippen LogP contribution is -2.00. The second-order valence-electron chi connectivity index (χ2n) is 3.63. The molecular formula is C13H10BrClFNO. The van der Waals surface area contributed by atoms with Crippen LogP contribution in [0.3, 0.4) is 0 Å². The van der Waals surface area contributed by atoms with E-state index in [1.165, 1.54) is 18.2 Å². The number of benzene rings is 2. The van der Waals surface area contributed by atoms with Gasteiger partial charge in [0.15, 0.2) is 0 Å². The Labute approximate surface area is 118 Å². The van der Waals surface area contributed by atoms with Crippen molar-refractivity contribution < 1.29 is 9.13 Å². The summed E-state index contributed by atoms with van der Waals surface area (Å²) in [5.74, 6) is 0.661. The number of hydrogen-bond donors (Lipinski definition) is 1. The Hall–Kier alpha value is -1.10. The van der Waals surface area contributed by atoms with Crippen LogP contribution in [-0.4, -0.2) is 0 Å². The predicted octanol–water partition coefficient (Wildman–Crippen LogP) is 4.49. The monoisotopic (exact) mass is 329 g/mol. The molecule has 94 valence electrons. The summed E-state index contributed by atoms with van der Waals surface area (Å²) >= 11 is 9.36. The minimum Gasteiger partial charge on any atom is -0.455 e. The summed E-state index contributed by atoms with van der Waals surface area (Å²) in [6, 6.07) is 9.48.